The second kappa shape index (κ2) is 8.27. The molecule has 4 heterocycles. The van der Waals surface area contributed by atoms with Crippen LogP contribution in [0.3, 0.4) is 0 Å². The lowest BCUT2D eigenvalue weighted by Crippen LogP contribution is -2.50. The van der Waals surface area contributed by atoms with E-state index in [0.717, 1.165) is 43.0 Å². The SMILES string of the molecule is Cn1c(C(=O)NCC2CC2)nc2c(N3CCC(N4Cc5ccccc5NC4=O)CC3)ncnc21. The molecule has 1 aliphatic carbocycles. The van der Waals surface area contributed by atoms with Crippen molar-refractivity contribution in [1.82, 2.24) is 29.7 Å². The first-order chi connectivity index (χ1) is 16.6. The van der Waals surface area contributed by atoms with Crippen LogP contribution in [-0.2, 0) is 13.6 Å². The number of urea groups is 1. The molecule has 0 radical (unpaired) electrons. The predicted octanol–water partition coefficient (Wildman–Crippen LogP) is 2.52. The van der Waals surface area contributed by atoms with Gasteiger partial charge in [-0.3, -0.25) is 4.79 Å². The lowest BCUT2D eigenvalue weighted by atomic mass is 10.0. The summed E-state index contributed by atoms with van der Waals surface area (Å²) in [5, 5.41) is 6.00. The molecule has 10 nitrogen and oxygen atoms in total. The van der Waals surface area contributed by atoms with Crippen molar-refractivity contribution in [2.24, 2.45) is 13.0 Å². The summed E-state index contributed by atoms with van der Waals surface area (Å²) in [5.74, 6) is 1.53. The molecule has 2 N–H and O–H groups in total. The molecular formula is C24H28N8O2. The van der Waals surface area contributed by atoms with E-state index in [2.05, 4.69) is 36.6 Å². The zero-order valence-corrected chi connectivity index (χ0v) is 19.2. The van der Waals surface area contributed by atoms with Crippen LogP contribution in [0.2, 0.25) is 0 Å². The molecule has 2 fully saturated rings. The van der Waals surface area contributed by atoms with Gasteiger partial charge in [0.15, 0.2) is 17.0 Å². The quantitative estimate of drug-likeness (QED) is 0.606. The molecule has 1 saturated heterocycles. The Kier molecular flexibility index (Phi) is 5.08. The number of amides is 3. The second-order valence-electron chi connectivity index (χ2n) is 9.45. The summed E-state index contributed by atoms with van der Waals surface area (Å²) in [5.41, 5.74) is 3.33. The molecule has 3 aliphatic rings. The molecule has 0 spiro atoms. The van der Waals surface area contributed by atoms with Gasteiger partial charge in [-0.05, 0) is 43.2 Å². The minimum absolute atomic E-state index is 0.0341. The molecular weight excluding hydrogens is 432 g/mol. The maximum absolute atomic E-state index is 12.7. The minimum Gasteiger partial charge on any atom is -0.355 e. The van der Waals surface area contributed by atoms with Gasteiger partial charge in [0.25, 0.3) is 5.91 Å². The highest BCUT2D eigenvalue weighted by Crippen LogP contribution is 2.31. The molecule has 3 amide bonds. The summed E-state index contributed by atoms with van der Waals surface area (Å²) >= 11 is 0. The third-order valence-electron chi connectivity index (χ3n) is 7.15. The van der Waals surface area contributed by atoms with E-state index in [4.69, 9.17) is 0 Å². The van der Waals surface area contributed by atoms with Crippen LogP contribution in [0.25, 0.3) is 11.2 Å². The summed E-state index contributed by atoms with van der Waals surface area (Å²) in [6.45, 7) is 2.83. The summed E-state index contributed by atoms with van der Waals surface area (Å²) in [6.07, 6.45) is 5.57. The van der Waals surface area contributed by atoms with E-state index in [1.54, 1.807) is 4.57 Å². The Labute approximate surface area is 197 Å². The van der Waals surface area contributed by atoms with E-state index in [1.807, 2.05) is 30.1 Å². The average molecular weight is 461 g/mol. The normalized spacial score (nSPS) is 18.7. The number of benzene rings is 1. The van der Waals surface area contributed by atoms with E-state index in [0.29, 0.717) is 36.0 Å². The Bertz CT molecular complexity index is 1260. The van der Waals surface area contributed by atoms with E-state index in [-0.39, 0.29) is 18.0 Å². The van der Waals surface area contributed by atoms with Crippen LogP contribution in [-0.4, -0.2) is 62.0 Å². The Morgan fingerprint density at radius 3 is 2.74 bits per heavy atom. The summed E-state index contributed by atoms with van der Waals surface area (Å²) in [7, 11) is 1.82. The van der Waals surface area contributed by atoms with Crippen LogP contribution in [0.1, 0.15) is 41.9 Å². The first-order valence-electron chi connectivity index (χ1n) is 11.9. The molecule has 10 heteroatoms. The number of rotatable bonds is 5. The van der Waals surface area contributed by atoms with Gasteiger partial charge in [0.05, 0.1) is 0 Å². The zero-order valence-electron chi connectivity index (χ0n) is 19.2. The van der Waals surface area contributed by atoms with Gasteiger partial charge < -0.3 is 25.0 Å². The number of piperidine rings is 1. The van der Waals surface area contributed by atoms with Crippen molar-refractivity contribution >= 4 is 34.6 Å². The van der Waals surface area contributed by atoms with Gasteiger partial charge in [0.1, 0.15) is 6.33 Å². The number of para-hydroxylation sites is 1. The van der Waals surface area contributed by atoms with Crippen LogP contribution < -0.4 is 15.5 Å². The number of nitrogens with one attached hydrogen (secondary N) is 2. The summed E-state index contributed by atoms with van der Waals surface area (Å²) in [4.78, 5) is 43.1. The molecule has 3 aromatic rings. The van der Waals surface area contributed by atoms with Crippen molar-refractivity contribution in [2.45, 2.75) is 38.3 Å². The molecule has 1 saturated carbocycles. The smallest absolute Gasteiger partial charge is 0.322 e. The number of anilines is 2. The number of carbonyl (C=O) groups excluding carboxylic acids is 2. The van der Waals surface area contributed by atoms with Crippen LogP contribution >= 0.6 is 0 Å². The Hall–Kier alpha value is -3.69. The number of nitrogens with zero attached hydrogens (tertiary/aromatic N) is 6. The summed E-state index contributed by atoms with van der Waals surface area (Å²) < 4.78 is 1.74. The lowest BCUT2D eigenvalue weighted by molar-refractivity contribution is 0.0938. The number of fused-ring (bicyclic) bond motifs is 2. The number of imidazole rings is 1. The van der Waals surface area contributed by atoms with Gasteiger partial charge in [-0.1, -0.05) is 18.2 Å². The van der Waals surface area contributed by atoms with E-state index < -0.39 is 0 Å². The third-order valence-corrected chi connectivity index (χ3v) is 7.15. The van der Waals surface area contributed by atoms with Crippen molar-refractivity contribution in [2.75, 3.05) is 29.9 Å². The van der Waals surface area contributed by atoms with Crippen molar-refractivity contribution < 1.29 is 9.59 Å². The first kappa shape index (κ1) is 20.9. The predicted molar refractivity (Wildman–Crippen MR) is 128 cm³/mol. The van der Waals surface area contributed by atoms with E-state index in [1.165, 1.54) is 19.2 Å². The van der Waals surface area contributed by atoms with Crippen LogP contribution in [0, 0.1) is 5.92 Å². The fourth-order valence-electron chi connectivity index (χ4n) is 4.97. The molecule has 176 valence electrons. The monoisotopic (exact) mass is 460 g/mol. The second-order valence-corrected chi connectivity index (χ2v) is 9.45. The fourth-order valence-corrected chi connectivity index (χ4v) is 4.97. The number of hydrogen-bond donors (Lipinski definition) is 2. The van der Waals surface area contributed by atoms with Crippen molar-refractivity contribution in [3.8, 4) is 0 Å². The third kappa shape index (κ3) is 3.72. The molecule has 0 unspecified atom stereocenters. The molecule has 2 aromatic heterocycles. The Morgan fingerprint density at radius 2 is 1.94 bits per heavy atom. The van der Waals surface area contributed by atoms with Crippen molar-refractivity contribution in [3.63, 3.8) is 0 Å². The number of aromatic nitrogens is 4. The van der Waals surface area contributed by atoms with Gasteiger partial charge in [0.2, 0.25) is 5.82 Å². The van der Waals surface area contributed by atoms with Gasteiger partial charge in [-0.2, -0.15) is 0 Å². The van der Waals surface area contributed by atoms with E-state index >= 15 is 0 Å². The molecule has 1 aromatic carbocycles. The molecule has 34 heavy (non-hydrogen) atoms. The zero-order chi connectivity index (χ0) is 23.2. The molecule has 2 aliphatic heterocycles. The van der Waals surface area contributed by atoms with Crippen molar-refractivity contribution in [3.05, 3.63) is 42.0 Å². The van der Waals surface area contributed by atoms with Gasteiger partial charge in [-0.15, -0.1) is 0 Å². The van der Waals surface area contributed by atoms with Gasteiger partial charge in [0, 0.05) is 45.0 Å². The highest BCUT2D eigenvalue weighted by molar-refractivity contribution is 5.96. The number of hydrogen-bond acceptors (Lipinski definition) is 6. The lowest BCUT2D eigenvalue weighted by Gasteiger charge is -2.40. The minimum atomic E-state index is -0.173. The Balaban J connectivity index is 1.18. The van der Waals surface area contributed by atoms with Crippen LogP contribution in [0.4, 0.5) is 16.3 Å². The standard InChI is InChI=1S/C24H28N8O2/c1-30-20-19(29-22(30)23(33)25-12-15-6-7-15)21(27-14-26-20)31-10-8-17(9-11-31)32-13-16-4-2-3-5-18(16)28-24(32)34/h2-5,14-15,17H,6-13H2,1H3,(H,25,33)(H,28,34). The topological polar surface area (TPSA) is 108 Å². The fraction of sp³-hybridized carbons (Fsp3) is 0.458. The van der Waals surface area contributed by atoms with Gasteiger partial charge >= 0.3 is 6.03 Å². The Morgan fingerprint density at radius 1 is 1.15 bits per heavy atom. The molecule has 0 bridgehead atoms. The first-order valence-corrected chi connectivity index (χ1v) is 11.9. The van der Waals surface area contributed by atoms with Crippen LogP contribution in [0.15, 0.2) is 30.6 Å². The van der Waals surface area contributed by atoms with Gasteiger partial charge in [-0.25, -0.2) is 19.7 Å². The highest BCUT2D eigenvalue weighted by Gasteiger charge is 2.33. The van der Waals surface area contributed by atoms with E-state index in [9.17, 15) is 9.59 Å². The van der Waals surface area contributed by atoms with Crippen LogP contribution in [0.5, 0.6) is 0 Å². The maximum atomic E-state index is 12.7. The molecule has 6 rings (SSSR count). The maximum Gasteiger partial charge on any atom is 0.322 e. The number of carbonyl (C=O) groups is 2. The van der Waals surface area contributed by atoms with Crippen molar-refractivity contribution in [1.29, 1.82) is 0 Å². The highest BCUT2D eigenvalue weighted by atomic mass is 16.2. The summed E-state index contributed by atoms with van der Waals surface area (Å²) in [6, 6.07) is 8.08. The number of aryl methyl sites for hydroxylation is 1. The molecule has 0 atom stereocenters. The average Bonchev–Trinajstić information content (AvgIpc) is 3.64. The largest absolute Gasteiger partial charge is 0.355 e.